The van der Waals surface area contributed by atoms with Crippen LogP contribution in [0.15, 0.2) is 50.9 Å². The minimum atomic E-state index is -0.275. The highest BCUT2D eigenvalue weighted by Gasteiger charge is 2.15. The second-order valence-corrected chi connectivity index (χ2v) is 8.57. The van der Waals surface area contributed by atoms with Crippen LogP contribution >= 0.6 is 27.3 Å². The molecule has 0 aliphatic heterocycles. The molecule has 0 aliphatic rings. The van der Waals surface area contributed by atoms with Gasteiger partial charge in [0.2, 0.25) is 5.91 Å². The summed E-state index contributed by atoms with van der Waals surface area (Å²) in [4.78, 5) is 28.8. The SMILES string of the molecule is Cc1occc1C(=O)Nc1nc(CC(=O)NC(C)CCc2ccc(Br)cc2)cs1. The number of nitrogens with zero attached hydrogens (tertiary/aromatic N) is 1. The molecule has 0 bridgehead atoms. The van der Waals surface area contributed by atoms with Crippen LogP contribution in [0.25, 0.3) is 0 Å². The van der Waals surface area contributed by atoms with Gasteiger partial charge in [0.1, 0.15) is 5.76 Å². The quantitative estimate of drug-likeness (QED) is 0.492. The van der Waals surface area contributed by atoms with Crippen LogP contribution in [0.1, 0.15) is 40.7 Å². The Kier molecular flexibility index (Phi) is 7.22. The third-order valence-corrected chi connectivity index (χ3v) is 5.74. The molecule has 2 aromatic heterocycles. The zero-order chi connectivity index (χ0) is 20.8. The number of benzene rings is 1. The van der Waals surface area contributed by atoms with E-state index in [9.17, 15) is 9.59 Å². The number of amides is 2. The van der Waals surface area contributed by atoms with E-state index in [1.807, 2.05) is 19.1 Å². The molecule has 3 aromatic rings. The normalized spacial score (nSPS) is 11.8. The fourth-order valence-electron chi connectivity index (χ4n) is 2.83. The molecule has 0 fully saturated rings. The smallest absolute Gasteiger partial charge is 0.260 e. The van der Waals surface area contributed by atoms with Crippen LogP contribution in [0.2, 0.25) is 0 Å². The van der Waals surface area contributed by atoms with Gasteiger partial charge in [0.15, 0.2) is 5.13 Å². The van der Waals surface area contributed by atoms with E-state index in [2.05, 4.69) is 43.7 Å². The van der Waals surface area contributed by atoms with Gasteiger partial charge in [0.25, 0.3) is 5.91 Å². The number of aromatic nitrogens is 1. The van der Waals surface area contributed by atoms with Gasteiger partial charge in [-0.15, -0.1) is 11.3 Å². The van der Waals surface area contributed by atoms with Crippen molar-refractivity contribution < 1.29 is 14.0 Å². The van der Waals surface area contributed by atoms with Gasteiger partial charge in [-0.3, -0.25) is 14.9 Å². The van der Waals surface area contributed by atoms with Crippen molar-refractivity contribution in [3.8, 4) is 0 Å². The van der Waals surface area contributed by atoms with E-state index in [4.69, 9.17) is 4.42 Å². The summed E-state index contributed by atoms with van der Waals surface area (Å²) in [6.07, 6.45) is 3.41. The van der Waals surface area contributed by atoms with Gasteiger partial charge in [-0.25, -0.2) is 4.98 Å². The summed E-state index contributed by atoms with van der Waals surface area (Å²) >= 11 is 4.72. The summed E-state index contributed by atoms with van der Waals surface area (Å²) in [6, 6.07) is 9.87. The second kappa shape index (κ2) is 9.84. The topological polar surface area (TPSA) is 84.2 Å². The molecule has 1 unspecified atom stereocenters. The van der Waals surface area contributed by atoms with Crippen LogP contribution in [0, 0.1) is 6.92 Å². The summed E-state index contributed by atoms with van der Waals surface area (Å²) in [5.74, 6) is 0.195. The zero-order valence-electron chi connectivity index (χ0n) is 16.2. The Morgan fingerprint density at radius 2 is 2.00 bits per heavy atom. The summed E-state index contributed by atoms with van der Waals surface area (Å²) < 4.78 is 6.20. The third-order valence-electron chi connectivity index (χ3n) is 4.40. The third kappa shape index (κ3) is 6.27. The maximum absolute atomic E-state index is 12.3. The molecule has 2 N–H and O–H groups in total. The van der Waals surface area contributed by atoms with Crippen molar-refractivity contribution in [2.24, 2.45) is 0 Å². The van der Waals surface area contributed by atoms with Crippen LogP contribution in [-0.2, 0) is 17.6 Å². The Morgan fingerprint density at radius 1 is 1.24 bits per heavy atom. The van der Waals surface area contributed by atoms with Gasteiger partial charge in [-0.05, 0) is 50.5 Å². The molecule has 8 heteroatoms. The molecule has 3 rings (SSSR count). The molecule has 6 nitrogen and oxygen atoms in total. The van der Waals surface area contributed by atoms with Gasteiger partial charge >= 0.3 is 0 Å². The fourth-order valence-corrected chi connectivity index (χ4v) is 3.80. The molecule has 1 aromatic carbocycles. The Morgan fingerprint density at radius 3 is 2.69 bits per heavy atom. The molecule has 0 spiro atoms. The van der Waals surface area contributed by atoms with Crippen molar-refractivity contribution in [2.45, 2.75) is 39.2 Å². The number of aryl methyl sites for hydroxylation is 2. The number of rotatable bonds is 8. The van der Waals surface area contributed by atoms with Crippen LogP contribution in [0.4, 0.5) is 5.13 Å². The molecule has 0 aliphatic carbocycles. The fraction of sp³-hybridized carbons (Fsp3) is 0.286. The van der Waals surface area contributed by atoms with Gasteiger partial charge in [0, 0.05) is 15.9 Å². The number of carbonyl (C=O) groups excluding carboxylic acids is 2. The lowest BCUT2D eigenvalue weighted by atomic mass is 10.1. The number of carbonyl (C=O) groups is 2. The average molecular weight is 476 g/mol. The summed E-state index contributed by atoms with van der Waals surface area (Å²) in [6.45, 7) is 3.72. The summed E-state index contributed by atoms with van der Waals surface area (Å²) in [7, 11) is 0. The van der Waals surface area contributed by atoms with Crippen molar-refractivity contribution in [3.05, 3.63) is 69.0 Å². The summed E-state index contributed by atoms with van der Waals surface area (Å²) in [5.41, 5.74) is 2.34. The van der Waals surface area contributed by atoms with E-state index >= 15 is 0 Å². The van der Waals surface area contributed by atoms with Gasteiger partial charge in [0.05, 0.1) is 23.9 Å². The molecular formula is C21H22BrN3O3S. The molecule has 29 heavy (non-hydrogen) atoms. The van der Waals surface area contributed by atoms with Crippen LogP contribution in [0.5, 0.6) is 0 Å². The predicted octanol–water partition coefficient (Wildman–Crippen LogP) is 4.74. The molecule has 0 radical (unpaired) electrons. The standard InChI is InChI=1S/C21H22BrN3O3S/c1-13(3-4-15-5-7-16(22)8-6-15)23-19(26)11-17-12-29-21(24-17)25-20(27)18-9-10-28-14(18)2/h5-10,12-13H,3-4,11H2,1-2H3,(H,23,26)(H,24,25,27). The lowest BCUT2D eigenvalue weighted by Crippen LogP contribution is -2.34. The maximum atomic E-state index is 12.3. The van der Waals surface area contributed by atoms with Crippen LogP contribution in [-0.4, -0.2) is 22.8 Å². The number of furan rings is 1. The molecule has 2 heterocycles. The van der Waals surface area contributed by atoms with Crippen molar-refractivity contribution in [1.82, 2.24) is 10.3 Å². The van der Waals surface area contributed by atoms with Crippen molar-refractivity contribution >= 4 is 44.2 Å². The Hall–Kier alpha value is -2.45. The Bertz CT molecular complexity index is 981. The van der Waals surface area contributed by atoms with E-state index in [1.54, 1.807) is 18.4 Å². The lowest BCUT2D eigenvalue weighted by Gasteiger charge is -2.13. The number of halogens is 1. The van der Waals surface area contributed by atoms with Crippen LogP contribution in [0.3, 0.4) is 0 Å². The van der Waals surface area contributed by atoms with Crippen LogP contribution < -0.4 is 10.6 Å². The van der Waals surface area contributed by atoms with Gasteiger partial charge < -0.3 is 9.73 Å². The monoisotopic (exact) mass is 475 g/mol. The van der Waals surface area contributed by atoms with Crippen molar-refractivity contribution in [2.75, 3.05) is 5.32 Å². The van der Waals surface area contributed by atoms with Crippen molar-refractivity contribution in [1.29, 1.82) is 0 Å². The molecule has 152 valence electrons. The predicted molar refractivity (Wildman–Crippen MR) is 117 cm³/mol. The number of hydrogen-bond acceptors (Lipinski definition) is 5. The van der Waals surface area contributed by atoms with E-state index in [0.717, 1.165) is 17.3 Å². The number of hydrogen-bond donors (Lipinski definition) is 2. The number of nitrogens with one attached hydrogen (secondary N) is 2. The van der Waals surface area contributed by atoms with Crippen molar-refractivity contribution in [3.63, 3.8) is 0 Å². The number of thiazole rings is 1. The van der Waals surface area contributed by atoms with Gasteiger partial charge in [-0.2, -0.15) is 0 Å². The zero-order valence-corrected chi connectivity index (χ0v) is 18.6. The van der Waals surface area contributed by atoms with E-state index in [1.165, 1.54) is 23.2 Å². The highest BCUT2D eigenvalue weighted by Crippen LogP contribution is 2.18. The molecule has 0 saturated heterocycles. The first-order valence-corrected chi connectivity index (χ1v) is 10.9. The lowest BCUT2D eigenvalue weighted by molar-refractivity contribution is -0.121. The molecular weight excluding hydrogens is 454 g/mol. The first kappa shape index (κ1) is 21.3. The second-order valence-electron chi connectivity index (χ2n) is 6.80. The minimum absolute atomic E-state index is 0.0630. The first-order chi connectivity index (χ1) is 13.9. The van der Waals surface area contributed by atoms with E-state index < -0.39 is 0 Å². The maximum Gasteiger partial charge on any atom is 0.260 e. The molecule has 1 atom stereocenters. The molecule has 0 saturated carbocycles. The highest BCUT2D eigenvalue weighted by molar-refractivity contribution is 9.10. The van der Waals surface area contributed by atoms with Gasteiger partial charge in [-0.1, -0.05) is 28.1 Å². The Labute approximate surface area is 181 Å². The van der Waals surface area contributed by atoms with E-state index in [0.29, 0.717) is 22.1 Å². The number of anilines is 1. The summed E-state index contributed by atoms with van der Waals surface area (Å²) in [5, 5.41) is 7.98. The highest BCUT2D eigenvalue weighted by atomic mass is 79.9. The first-order valence-electron chi connectivity index (χ1n) is 9.24. The average Bonchev–Trinajstić information content (AvgIpc) is 3.29. The largest absolute Gasteiger partial charge is 0.469 e. The minimum Gasteiger partial charge on any atom is -0.469 e. The Balaban J connectivity index is 1.45. The molecule has 2 amide bonds. The van der Waals surface area contributed by atoms with E-state index in [-0.39, 0.29) is 24.3 Å².